The van der Waals surface area contributed by atoms with E-state index in [9.17, 15) is 14.7 Å². The van der Waals surface area contributed by atoms with Gasteiger partial charge in [-0.15, -0.1) is 25.3 Å². The number of benzene rings is 6. The molecule has 4 nitrogen and oxygen atoms in total. The highest BCUT2D eigenvalue weighted by Gasteiger charge is 2.52. The van der Waals surface area contributed by atoms with Gasteiger partial charge in [0, 0.05) is 27.7 Å². The second-order valence-electron chi connectivity index (χ2n) is 12.1. The van der Waals surface area contributed by atoms with Gasteiger partial charge in [0.1, 0.15) is 11.6 Å². The summed E-state index contributed by atoms with van der Waals surface area (Å²) >= 11 is 9.91. The summed E-state index contributed by atoms with van der Waals surface area (Å²) in [5, 5.41) is 11.5. The molecule has 49 heavy (non-hydrogen) atoms. The van der Waals surface area contributed by atoms with Crippen LogP contribution >= 0.6 is 25.3 Å². The van der Waals surface area contributed by atoms with Gasteiger partial charge >= 0.3 is 5.97 Å². The number of carbonyl (C=O) groups excluding carboxylic acids is 1. The van der Waals surface area contributed by atoms with Gasteiger partial charge in [0.05, 0.1) is 0 Å². The Morgan fingerprint density at radius 2 is 0.898 bits per heavy atom. The molecule has 6 rings (SSSR count). The zero-order valence-electron chi connectivity index (χ0n) is 27.1. The van der Waals surface area contributed by atoms with E-state index in [0.29, 0.717) is 15.4 Å². The molecule has 1 atom stereocenters. The fourth-order valence-corrected chi connectivity index (χ4v) is 8.07. The molecule has 0 aliphatic heterocycles. The van der Waals surface area contributed by atoms with Crippen LogP contribution in [0.1, 0.15) is 46.7 Å². The highest BCUT2D eigenvalue weighted by Crippen LogP contribution is 2.50. The van der Waals surface area contributed by atoms with Crippen molar-refractivity contribution in [3.05, 3.63) is 203 Å². The van der Waals surface area contributed by atoms with E-state index in [2.05, 4.69) is 0 Å². The topological polar surface area (TPSA) is 57.6 Å². The minimum Gasteiger partial charge on any atom is -0.480 e. The van der Waals surface area contributed by atoms with Crippen molar-refractivity contribution in [2.75, 3.05) is 0 Å². The fourth-order valence-electron chi connectivity index (χ4n) is 7.40. The highest BCUT2D eigenvalue weighted by atomic mass is 32.1. The normalized spacial score (nSPS) is 12.2. The molecule has 6 aromatic rings. The SMILES string of the molecule is CC(=O)N(C(CC(c1ccccc1)(c1ccccc1)c1ccccc1S)C(=O)O)C(c1ccccc1)(c1ccccc1)c1ccccc1S. The van der Waals surface area contributed by atoms with Crippen LogP contribution < -0.4 is 0 Å². The van der Waals surface area contributed by atoms with E-state index in [-0.39, 0.29) is 6.42 Å². The molecule has 0 aromatic heterocycles. The van der Waals surface area contributed by atoms with Crippen LogP contribution in [0.4, 0.5) is 0 Å². The molecule has 0 heterocycles. The lowest BCUT2D eigenvalue weighted by Gasteiger charge is -2.50. The smallest absolute Gasteiger partial charge is 0.326 e. The molecule has 244 valence electrons. The number of thiol groups is 2. The Kier molecular flexibility index (Phi) is 10.1. The molecule has 0 saturated heterocycles. The number of amides is 1. The average Bonchev–Trinajstić information content (AvgIpc) is 3.14. The molecule has 1 amide bonds. The number of rotatable bonds is 11. The Labute approximate surface area is 298 Å². The summed E-state index contributed by atoms with van der Waals surface area (Å²) in [7, 11) is 0. The van der Waals surface area contributed by atoms with Crippen molar-refractivity contribution in [2.45, 2.75) is 40.1 Å². The molecule has 1 unspecified atom stereocenters. The minimum atomic E-state index is -1.38. The number of aliphatic carboxylic acids is 1. The van der Waals surface area contributed by atoms with Crippen molar-refractivity contribution in [2.24, 2.45) is 0 Å². The summed E-state index contributed by atoms with van der Waals surface area (Å²) in [5.41, 5.74) is 2.37. The molecule has 0 aliphatic rings. The van der Waals surface area contributed by atoms with Gasteiger partial charge in [0.15, 0.2) is 0 Å². The summed E-state index contributed by atoms with van der Waals surface area (Å²) in [6, 6.07) is 53.2. The molecular formula is C43H37NO3S2. The van der Waals surface area contributed by atoms with Crippen LogP contribution in [0, 0.1) is 0 Å². The van der Waals surface area contributed by atoms with Crippen molar-refractivity contribution in [1.82, 2.24) is 4.90 Å². The Bertz CT molecular complexity index is 1960. The first-order valence-electron chi connectivity index (χ1n) is 16.1. The maximum absolute atomic E-state index is 14.6. The maximum Gasteiger partial charge on any atom is 0.326 e. The molecule has 0 fully saturated rings. The first-order chi connectivity index (χ1) is 23.8. The van der Waals surface area contributed by atoms with E-state index in [4.69, 9.17) is 25.3 Å². The van der Waals surface area contributed by atoms with Crippen molar-refractivity contribution in [3.63, 3.8) is 0 Å². The largest absolute Gasteiger partial charge is 0.480 e. The van der Waals surface area contributed by atoms with Gasteiger partial charge in [-0.25, -0.2) is 4.79 Å². The lowest BCUT2D eigenvalue weighted by molar-refractivity contribution is -0.154. The second kappa shape index (κ2) is 14.6. The minimum absolute atomic E-state index is 0.00364. The van der Waals surface area contributed by atoms with Crippen LogP contribution in [-0.4, -0.2) is 27.9 Å². The third-order valence-electron chi connectivity index (χ3n) is 9.37. The van der Waals surface area contributed by atoms with Gasteiger partial charge in [0.25, 0.3) is 0 Å². The summed E-state index contributed by atoms with van der Waals surface area (Å²) in [6.07, 6.45) is 0.00364. The van der Waals surface area contributed by atoms with Crippen LogP contribution in [0.15, 0.2) is 180 Å². The van der Waals surface area contributed by atoms with Crippen molar-refractivity contribution in [1.29, 1.82) is 0 Å². The number of carboxylic acid groups (broad SMARTS) is 1. The zero-order chi connectivity index (χ0) is 34.4. The number of nitrogens with zero attached hydrogens (tertiary/aromatic N) is 1. The number of hydrogen-bond donors (Lipinski definition) is 3. The van der Waals surface area contributed by atoms with Crippen LogP contribution in [-0.2, 0) is 20.5 Å². The van der Waals surface area contributed by atoms with Gasteiger partial charge in [-0.05, 0) is 46.4 Å². The van der Waals surface area contributed by atoms with Crippen molar-refractivity contribution < 1.29 is 14.7 Å². The van der Waals surface area contributed by atoms with Gasteiger partial charge in [-0.2, -0.15) is 0 Å². The number of carboxylic acids is 1. The fraction of sp³-hybridized carbons (Fsp3) is 0.116. The second-order valence-corrected chi connectivity index (χ2v) is 13.0. The predicted molar refractivity (Wildman–Crippen MR) is 201 cm³/mol. The van der Waals surface area contributed by atoms with Crippen LogP contribution in [0.25, 0.3) is 0 Å². The Balaban J connectivity index is 1.74. The molecule has 0 radical (unpaired) electrons. The molecule has 6 heteroatoms. The van der Waals surface area contributed by atoms with E-state index in [1.165, 1.54) is 6.92 Å². The Hall–Kier alpha value is -5.04. The molecular weight excluding hydrogens is 643 g/mol. The number of carbonyl (C=O) groups is 2. The Morgan fingerprint density at radius 3 is 1.27 bits per heavy atom. The van der Waals surface area contributed by atoms with E-state index in [1.54, 1.807) is 4.90 Å². The van der Waals surface area contributed by atoms with Crippen LogP contribution in [0.2, 0.25) is 0 Å². The molecule has 0 spiro atoms. The molecule has 1 N–H and O–H groups in total. The summed E-state index contributed by atoms with van der Waals surface area (Å²) in [6.45, 7) is 1.46. The summed E-state index contributed by atoms with van der Waals surface area (Å²) in [5.74, 6) is -1.53. The highest BCUT2D eigenvalue weighted by molar-refractivity contribution is 7.80. The lowest BCUT2D eigenvalue weighted by Crippen LogP contribution is -2.59. The Morgan fingerprint density at radius 1 is 0.551 bits per heavy atom. The number of hydrogen-bond acceptors (Lipinski definition) is 4. The summed E-state index contributed by atoms with van der Waals surface area (Å²) in [4.78, 5) is 31.6. The third-order valence-corrected chi connectivity index (χ3v) is 10.2. The van der Waals surface area contributed by atoms with Gasteiger partial charge in [0.2, 0.25) is 5.91 Å². The third kappa shape index (κ3) is 6.18. The summed E-state index contributed by atoms with van der Waals surface area (Å²) < 4.78 is 0. The average molecular weight is 680 g/mol. The quantitative estimate of drug-likeness (QED) is 0.0946. The van der Waals surface area contributed by atoms with Crippen molar-refractivity contribution in [3.8, 4) is 0 Å². The van der Waals surface area contributed by atoms with Crippen LogP contribution in [0.3, 0.4) is 0 Å². The molecule has 6 aromatic carbocycles. The van der Waals surface area contributed by atoms with Crippen LogP contribution in [0.5, 0.6) is 0 Å². The maximum atomic E-state index is 14.6. The monoisotopic (exact) mass is 679 g/mol. The molecule has 0 saturated carbocycles. The zero-order valence-corrected chi connectivity index (χ0v) is 28.8. The van der Waals surface area contributed by atoms with Crippen molar-refractivity contribution >= 4 is 37.1 Å². The first kappa shape index (κ1) is 33.8. The first-order valence-corrected chi connectivity index (χ1v) is 17.0. The molecule has 0 aliphatic carbocycles. The molecule has 0 bridgehead atoms. The van der Waals surface area contributed by atoms with Gasteiger partial charge < -0.3 is 10.0 Å². The van der Waals surface area contributed by atoms with E-state index >= 15 is 0 Å². The van der Waals surface area contributed by atoms with E-state index < -0.39 is 28.9 Å². The van der Waals surface area contributed by atoms with E-state index in [0.717, 1.165) is 27.8 Å². The lowest BCUT2D eigenvalue weighted by atomic mass is 9.65. The van der Waals surface area contributed by atoms with E-state index in [1.807, 2.05) is 170 Å². The van der Waals surface area contributed by atoms with Gasteiger partial charge in [-0.1, -0.05) is 158 Å². The van der Waals surface area contributed by atoms with Gasteiger partial charge in [-0.3, -0.25) is 4.79 Å². The standard InChI is InChI=1S/C43H37NO3S2/c1-31(45)44(43(34-22-10-4-11-23-34,35-24-12-5-13-25-35)37-27-15-17-29-40(37)49)38(41(46)47)30-42(32-18-6-2-7-19-32,33-20-8-3-9-21-33)36-26-14-16-28-39(36)48/h2-29,38,48-49H,30H2,1H3,(H,46,47). The predicted octanol–water partition coefficient (Wildman–Crippen LogP) is 9.28.